The Morgan fingerprint density at radius 2 is 0.653 bits per heavy atom. The number of hydrogen-bond donors (Lipinski definition) is 0. The van der Waals surface area contributed by atoms with Gasteiger partial charge in [-0.1, -0.05) is 109 Å². The van der Waals surface area contributed by atoms with E-state index in [1.807, 2.05) is 78.9 Å². The van der Waals surface area contributed by atoms with Crippen LogP contribution < -0.4 is 0 Å². The molecular weight excluding hydrogens is 599 g/mol. The van der Waals surface area contributed by atoms with E-state index in [0.717, 1.165) is 65.4 Å². The van der Waals surface area contributed by atoms with E-state index in [-0.39, 0.29) is 0 Å². The molecule has 5 nitrogen and oxygen atoms in total. The van der Waals surface area contributed by atoms with Crippen molar-refractivity contribution in [2.45, 2.75) is 0 Å². The molecule has 0 aliphatic carbocycles. The number of nitrogens with zero attached hydrogens (tertiary/aromatic N) is 5. The number of aromatic nitrogens is 3. The second-order valence-corrected chi connectivity index (χ2v) is 12.3. The maximum Gasteiger partial charge on any atom is 0.104 e. The minimum atomic E-state index is 0.472. The normalized spacial score (nSPS) is 11.6. The minimum Gasteiger partial charge on any atom is -0.308 e. The van der Waals surface area contributed by atoms with Gasteiger partial charge < -0.3 is 13.7 Å². The Bertz CT molecular complexity index is 2920. The molecule has 0 atom stereocenters. The van der Waals surface area contributed by atoms with Gasteiger partial charge >= 0.3 is 0 Å². The van der Waals surface area contributed by atoms with Crippen LogP contribution in [-0.2, 0) is 0 Å². The molecule has 10 aromatic rings. The summed E-state index contributed by atoms with van der Waals surface area (Å²) in [6.07, 6.45) is 0. The van der Waals surface area contributed by atoms with E-state index in [1.165, 1.54) is 0 Å². The van der Waals surface area contributed by atoms with Gasteiger partial charge in [0.05, 0.1) is 55.7 Å². The van der Waals surface area contributed by atoms with Gasteiger partial charge in [0, 0.05) is 32.3 Å². The topological polar surface area (TPSA) is 62.4 Å². The third-order valence-corrected chi connectivity index (χ3v) is 9.91. The van der Waals surface area contributed by atoms with E-state index < -0.39 is 0 Å². The van der Waals surface area contributed by atoms with Gasteiger partial charge in [-0.2, -0.15) is 10.5 Å². The van der Waals surface area contributed by atoms with E-state index in [0.29, 0.717) is 28.2 Å². The monoisotopic (exact) mass is 623 g/mol. The minimum absolute atomic E-state index is 0.472. The van der Waals surface area contributed by atoms with Crippen molar-refractivity contribution in [1.29, 1.82) is 10.5 Å². The van der Waals surface area contributed by atoms with E-state index in [9.17, 15) is 10.5 Å². The summed E-state index contributed by atoms with van der Waals surface area (Å²) in [5.74, 6) is 0. The summed E-state index contributed by atoms with van der Waals surface area (Å²) in [6.45, 7) is 0. The van der Waals surface area contributed by atoms with Crippen molar-refractivity contribution in [2.24, 2.45) is 0 Å². The Balaban J connectivity index is 1.49. The summed E-state index contributed by atoms with van der Waals surface area (Å²) < 4.78 is 6.52. The van der Waals surface area contributed by atoms with Crippen LogP contribution in [0.5, 0.6) is 0 Å². The van der Waals surface area contributed by atoms with Crippen LogP contribution >= 0.6 is 0 Å². The van der Waals surface area contributed by atoms with Crippen LogP contribution in [-0.4, -0.2) is 13.7 Å². The lowest BCUT2D eigenvalue weighted by molar-refractivity contribution is 1.06. The zero-order valence-electron chi connectivity index (χ0n) is 26.2. The molecule has 0 radical (unpaired) electrons. The van der Waals surface area contributed by atoms with Gasteiger partial charge in [0.1, 0.15) is 17.7 Å². The number of rotatable bonds is 3. The quantitative estimate of drug-likeness (QED) is 0.197. The number of para-hydroxylation sites is 6. The van der Waals surface area contributed by atoms with Crippen LogP contribution in [0.2, 0.25) is 0 Å². The van der Waals surface area contributed by atoms with Gasteiger partial charge in [0.25, 0.3) is 0 Å². The Labute approximate surface area is 280 Å². The summed E-state index contributed by atoms with van der Waals surface area (Å²) in [5.41, 5.74) is 8.77. The van der Waals surface area contributed by atoms with Crippen LogP contribution in [0.4, 0.5) is 0 Å². The van der Waals surface area contributed by atoms with Gasteiger partial charge in [-0.05, 0) is 42.5 Å². The van der Waals surface area contributed by atoms with E-state index in [2.05, 4.69) is 98.6 Å². The van der Waals surface area contributed by atoms with E-state index in [4.69, 9.17) is 0 Å². The van der Waals surface area contributed by atoms with Crippen molar-refractivity contribution in [3.63, 3.8) is 0 Å². The molecule has 0 saturated carbocycles. The lowest BCUT2D eigenvalue weighted by atomic mass is 10.0. The standard InChI is InChI=1S/C44H25N5/c45-26-28-25-42(47-36-19-7-1-13-29(36)30-14-2-8-20-37(30)47)35(27-46)44(49-40-23-11-5-17-33(40)34-18-6-12-24-41(34)49)43(28)48-38-21-9-3-15-31(38)32-16-4-10-22-39(32)48/h1-25H. The largest absolute Gasteiger partial charge is 0.308 e. The van der Waals surface area contributed by atoms with E-state index >= 15 is 0 Å². The number of hydrogen-bond acceptors (Lipinski definition) is 2. The molecule has 10 rings (SSSR count). The van der Waals surface area contributed by atoms with Crippen molar-refractivity contribution in [3.05, 3.63) is 163 Å². The molecule has 0 unspecified atom stereocenters. The first-order chi connectivity index (χ1) is 24.3. The molecule has 3 aromatic heterocycles. The zero-order chi connectivity index (χ0) is 32.6. The van der Waals surface area contributed by atoms with Gasteiger partial charge in [0.2, 0.25) is 0 Å². The van der Waals surface area contributed by atoms with Crippen LogP contribution in [0, 0.1) is 22.7 Å². The zero-order valence-corrected chi connectivity index (χ0v) is 26.2. The van der Waals surface area contributed by atoms with Crippen molar-refractivity contribution in [1.82, 2.24) is 13.7 Å². The third kappa shape index (κ3) is 3.62. The molecule has 0 fully saturated rings. The first kappa shape index (κ1) is 27.1. The highest BCUT2D eigenvalue weighted by atomic mass is 15.1. The Hall–Kier alpha value is -7.08. The summed E-state index contributed by atoms with van der Waals surface area (Å²) >= 11 is 0. The molecule has 226 valence electrons. The fourth-order valence-corrected chi connectivity index (χ4v) is 7.97. The van der Waals surface area contributed by atoms with Crippen molar-refractivity contribution < 1.29 is 0 Å². The highest BCUT2D eigenvalue weighted by Crippen LogP contribution is 2.43. The van der Waals surface area contributed by atoms with Gasteiger partial charge in [-0.3, -0.25) is 0 Å². The smallest absolute Gasteiger partial charge is 0.104 e. The average Bonchev–Trinajstić information content (AvgIpc) is 3.80. The highest BCUT2D eigenvalue weighted by molar-refractivity contribution is 6.13. The molecule has 0 spiro atoms. The molecule has 7 aromatic carbocycles. The predicted octanol–water partition coefficient (Wildman–Crippen LogP) is 10.7. The van der Waals surface area contributed by atoms with E-state index in [1.54, 1.807) is 0 Å². The Morgan fingerprint density at radius 3 is 0.980 bits per heavy atom. The van der Waals surface area contributed by atoms with Crippen molar-refractivity contribution >= 4 is 65.4 Å². The van der Waals surface area contributed by atoms with Crippen LogP contribution in [0.3, 0.4) is 0 Å². The van der Waals surface area contributed by atoms with Crippen molar-refractivity contribution in [3.8, 4) is 29.2 Å². The van der Waals surface area contributed by atoms with Crippen molar-refractivity contribution in [2.75, 3.05) is 0 Å². The molecule has 49 heavy (non-hydrogen) atoms. The second-order valence-electron chi connectivity index (χ2n) is 12.3. The fraction of sp³-hybridized carbons (Fsp3) is 0. The molecular formula is C44H25N5. The Morgan fingerprint density at radius 1 is 0.347 bits per heavy atom. The molecule has 0 amide bonds. The molecule has 5 heteroatoms. The molecule has 0 aliphatic heterocycles. The third-order valence-electron chi connectivity index (χ3n) is 9.91. The summed E-state index contributed by atoms with van der Waals surface area (Å²) in [6, 6.07) is 57.0. The summed E-state index contributed by atoms with van der Waals surface area (Å²) in [5, 5.41) is 29.1. The first-order valence-electron chi connectivity index (χ1n) is 16.3. The Kier molecular flexibility index (Phi) is 5.64. The lowest BCUT2D eigenvalue weighted by Gasteiger charge is -2.22. The highest BCUT2D eigenvalue weighted by Gasteiger charge is 2.28. The molecule has 0 saturated heterocycles. The number of fused-ring (bicyclic) bond motifs is 9. The number of benzene rings is 7. The second kappa shape index (κ2) is 10.2. The summed E-state index contributed by atoms with van der Waals surface area (Å²) in [7, 11) is 0. The van der Waals surface area contributed by atoms with Crippen LogP contribution in [0.1, 0.15) is 11.1 Å². The van der Waals surface area contributed by atoms with Crippen LogP contribution in [0.15, 0.2) is 152 Å². The summed E-state index contributed by atoms with van der Waals surface area (Å²) in [4.78, 5) is 0. The predicted molar refractivity (Wildman–Crippen MR) is 199 cm³/mol. The maximum absolute atomic E-state index is 11.4. The first-order valence-corrected chi connectivity index (χ1v) is 16.3. The lowest BCUT2D eigenvalue weighted by Crippen LogP contribution is -2.12. The molecule has 0 N–H and O–H groups in total. The molecule has 0 bridgehead atoms. The van der Waals surface area contributed by atoms with Gasteiger partial charge in [-0.15, -0.1) is 0 Å². The number of nitriles is 2. The molecule has 0 aliphatic rings. The van der Waals surface area contributed by atoms with Gasteiger partial charge in [-0.25, -0.2) is 0 Å². The average molecular weight is 624 g/mol. The van der Waals surface area contributed by atoms with Crippen LogP contribution in [0.25, 0.3) is 82.5 Å². The fourth-order valence-electron chi connectivity index (χ4n) is 7.97. The maximum atomic E-state index is 11.4. The molecule has 3 heterocycles. The van der Waals surface area contributed by atoms with Gasteiger partial charge in [0.15, 0.2) is 0 Å². The SMILES string of the molecule is N#Cc1cc(-n2c3ccccc3c3ccccc32)c(C#N)c(-n2c3ccccc3c3ccccc32)c1-n1c2ccccc2c2ccccc21.